The Labute approximate surface area is 136 Å². The Morgan fingerprint density at radius 1 is 0.864 bits per heavy atom. The minimum Gasteiger partial charge on any atom is -0.329 e. The van der Waals surface area contributed by atoms with E-state index in [1.807, 2.05) is 32.0 Å². The minimum atomic E-state index is 0.701. The van der Waals surface area contributed by atoms with Crippen LogP contribution >= 0.6 is 0 Å². The highest BCUT2D eigenvalue weighted by atomic mass is 14.9. The van der Waals surface area contributed by atoms with Crippen LogP contribution in [0.25, 0.3) is 0 Å². The van der Waals surface area contributed by atoms with Gasteiger partial charge in [0.05, 0.1) is 0 Å². The summed E-state index contributed by atoms with van der Waals surface area (Å²) in [7, 11) is 0. The molecule has 0 bridgehead atoms. The van der Waals surface area contributed by atoms with Crippen LogP contribution in [0.5, 0.6) is 0 Å². The summed E-state index contributed by atoms with van der Waals surface area (Å²) in [5.41, 5.74) is 9.41. The number of benzene rings is 2. The second kappa shape index (κ2) is 14.3. The summed E-state index contributed by atoms with van der Waals surface area (Å²) in [4.78, 5) is 0. The van der Waals surface area contributed by atoms with Gasteiger partial charge in [0.2, 0.25) is 0 Å². The molecular formula is C20H32N2. The zero-order valence-corrected chi connectivity index (χ0v) is 14.6. The van der Waals surface area contributed by atoms with Crippen LogP contribution in [0.1, 0.15) is 37.5 Å². The van der Waals surface area contributed by atoms with Crippen LogP contribution in [0.4, 0.5) is 0 Å². The molecular weight excluding hydrogens is 268 g/mol. The Morgan fingerprint density at radius 2 is 1.41 bits per heavy atom. The largest absolute Gasteiger partial charge is 0.329 e. The Hall–Kier alpha value is -1.64. The van der Waals surface area contributed by atoms with Crippen LogP contribution in [0.3, 0.4) is 0 Å². The van der Waals surface area contributed by atoms with Gasteiger partial charge in [-0.2, -0.15) is 0 Å². The molecule has 122 valence electrons. The summed E-state index contributed by atoms with van der Waals surface area (Å²) in [5.74, 6) is 0. The molecule has 0 aliphatic rings. The van der Waals surface area contributed by atoms with Gasteiger partial charge in [0.15, 0.2) is 0 Å². The van der Waals surface area contributed by atoms with E-state index >= 15 is 0 Å². The van der Waals surface area contributed by atoms with E-state index < -0.39 is 0 Å². The fraction of sp³-hybridized carbons (Fsp3) is 0.400. The quantitative estimate of drug-likeness (QED) is 0.807. The van der Waals surface area contributed by atoms with Crippen LogP contribution < -0.4 is 11.1 Å². The van der Waals surface area contributed by atoms with Gasteiger partial charge in [-0.25, -0.2) is 0 Å². The van der Waals surface area contributed by atoms with E-state index in [4.69, 9.17) is 5.73 Å². The minimum absolute atomic E-state index is 0.701. The molecule has 0 amide bonds. The first-order valence-electron chi connectivity index (χ1n) is 8.26. The summed E-state index contributed by atoms with van der Waals surface area (Å²) in [5, 5.41) is 3.26. The molecule has 0 heterocycles. The number of hydrogen-bond acceptors (Lipinski definition) is 2. The van der Waals surface area contributed by atoms with Gasteiger partial charge in [0.25, 0.3) is 0 Å². The topological polar surface area (TPSA) is 38.0 Å². The summed E-state index contributed by atoms with van der Waals surface area (Å²) in [6, 6.07) is 19.0. The molecule has 2 nitrogen and oxygen atoms in total. The zero-order valence-electron chi connectivity index (χ0n) is 14.6. The van der Waals surface area contributed by atoms with Crippen LogP contribution in [-0.4, -0.2) is 13.1 Å². The van der Waals surface area contributed by atoms with Crippen molar-refractivity contribution in [2.75, 3.05) is 13.1 Å². The SMILES string of the molecule is CC.CCc1ccc(CNCCN)cc1.Cc1ccccc1. The van der Waals surface area contributed by atoms with E-state index in [1.54, 1.807) is 0 Å². The maximum absolute atomic E-state index is 5.38. The Balaban J connectivity index is 0.000000412. The molecule has 0 radical (unpaired) electrons. The number of rotatable bonds is 5. The fourth-order valence-electron chi connectivity index (χ4n) is 1.76. The summed E-state index contributed by atoms with van der Waals surface area (Å²) < 4.78 is 0. The zero-order chi connectivity index (χ0) is 16.6. The molecule has 0 atom stereocenters. The van der Waals surface area contributed by atoms with Gasteiger partial charge in [-0.05, 0) is 24.5 Å². The fourth-order valence-corrected chi connectivity index (χ4v) is 1.76. The highest BCUT2D eigenvalue weighted by Gasteiger charge is 1.92. The van der Waals surface area contributed by atoms with E-state index in [-0.39, 0.29) is 0 Å². The molecule has 0 fully saturated rings. The Kier molecular flexibility index (Phi) is 13.2. The predicted octanol–water partition coefficient (Wildman–Crippen LogP) is 4.32. The molecule has 2 heteroatoms. The highest BCUT2D eigenvalue weighted by Crippen LogP contribution is 2.04. The molecule has 22 heavy (non-hydrogen) atoms. The molecule has 0 aliphatic carbocycles. The lowest BCUT2D eigenvalue weighted by Gasteiger charge is -2.03. The van der Waals surface area contributed by atoms with E-state index in [0.717, 1.165) is 19.5 Å². The van der Waals surface area contributed by atoms with Crippen molar-refractivity contribution in [2.45, 2.75) is 40.7 Å². The van der Waals surface area contributed by atoms with Crippen LogP contribution in [-0.2, 0) is 13.0 Å². The monoisotopic (exact) mass is 300 g/mol. The Morgan fingerprint density at radius 3 is 1.82 bits per heavy atom. The normalized spacial score (nSPS) is 9.14. The van der Waals surface area contributed by atoms with Crippen LogP contribution in [0.15, 0.2) is 54.6 Å². The van der Waals surface area contributed by atoms with Crippen LogP contribution in [0.2, 0.25) is 0 Å². The van der Waals surface area contributed by atoms with Crippen molar-refractivity contribution in [1.29, 1.82) is 0 Å². The molecule has 0 unspecified atom stereocenters. The number of nitrogens with one attached hydrogen (secondary N) is 1. The third-order valence-electron chi connectivity index (χ3n) is 3.02. The molecule has 0 aliphatic heterocycles. The maximum atomic E-state index is 5.38. The van der Waals surface area contributed by atoms with Gasteiger partial charge in [-0.3, -0.25) is 0 Å². The summed E-state index contributed by atoms with van der Waals surface area (Å²) >= 11 is 0. The number of nitrogens with two attached hydrogens (primary N) is 1. The van der Waals surface area contributed by atoms with Gasteiger partial charge >= 0.3 is 0 Å². The van der Waals surface area contributed by atoms with Crippen molar-refractivity contribution in [1.82, 2.24) is 5.32 Å². The predicted molar refractivity (Wildman–Crippen MR) is 99.1 cm³/mol. The van der Waals surface area contributed by atoms with Crippen LogP contribution in [0, 0.1) is 6.92 Å². The molecule has 2 rings (SSSR count). The summed E-state index contributed by atoms with van der Waals surface area (Å²) in [6.07, 6.45) is 1.11. The number of aryl methyl sites for hydroxylation is 2. The molecule has 0 aromatic heterocycles. The lowest BCUT2D eigenvalue weighted by molar-refractivity contribution is 0.695. The lowest BCUT2D eigenvalue weighted by atomic mass is 10.1. The third-order valence-corrected chi connectivity index (χ3v) is 3.02. The van der Waals surface area contributed by atoms with Crippen molar-refractivity contribution in [2.24, 2.45) is 5.73 Å². The highest BCUT2D eigenvalue weighted by molar-refractivity contribution is 5.22. The molecule has 0 saturated heterocycles. The maximum Gasteiger partial charge on any atom is 0.0206 e. The van der Waals surface area contributed by atoms with E-state index in [9.17, 15) is 0 Å². The van der Waals surface area contributed by atoms with Crippen molar-refractivity contribution < 1.29 is 0 Å². The first-order chi connectivity index (χ1) is 10.8. The Bertz CT molecular complexity index is 449. The summed E-state index contributed by atoms with van der Waals surface area (Å²) in [6.45, 7) is 10.8. The average Bonchev–Trinajstić information content (AvgIpc) is 2.59. The van der Waals surface area contributed by atoms with Gasteiger partial charge in [0, 0.05) is 19.6 Å². The first kappa shape index (κ1) is 20.4. The standard InChI is InChI=1S/C11H18N2.C7H8.C2H6/c1-2-10-3-5-11(6-4-10)9-13-8-7-12;1-7-5-3-2-4-6-7;1-2/h3-6,13H,2,7-9,12H2,1H3;2-6H,1H3;1-2H3. The first-order valence-corrected chi connectivity index (χ1v) is 8.26. The smallest absolute Gasteiger partial charge is 0.0206 e. The molecule has 3 N–H and O–H groups in total. The average molecular weight is 300 g/mol. The molecule has 2 aromatic rings. The van der Waals surface area contributed by atoms with E-state index in [2.05, 4.69) is 55.6 Å². The van der Waals surface area contributed by atoms with Crippen molar-refractivity contribution in [3.05, 3.63) is 71.3 Å². The van der Waals surface area contributed by atoms with E-state index in [0.29, 0.717) is 6.54 Å². The number of hydrogen-bond donors (Lipinski definition) is 2. The van der Waals surface area contributed by atoms with Gasteiger partial charge in [0.1, 0.15) is 0 Å². The molecule has 0 spiro atoms. The third kappa shape index (κ3) is 10.1. The van der Waals surface area contributed by atoms with Crippen molar-refractivity contribution >= 4 is 0 Å². The van der Waals surface area contributed by atoms with Crippen molar-refractivity contribution in [3.63, 3.8) is 0 Å². The van der Waals surface area contributed by atoms with Gasteiger partial charge < -0.3 is 11.1 Å². The second-order valence-electron chi connectivity index (χ2n) is 4.79. The lowest BCUT2D eigenvalue weighted by Crippen LogP contribution is -2.21. The van der Waals surface area contributed by atoms with Gasteiger partial charge in [-0.1, -0.05) is 80.9 Å². The second-order valence-corrected chi connectivity index (χ2v) is 4.79. The van der Waals surface area contributed by atoms with Crippen molar-refractivity contribution in [3.8, 4) is 0 Å². The molecule has 2 aromatic carbocycles. The van der Waals surface area contributed by atoms with Gasteiger partial charge in [-0.15, -0.1) is 0 Å². The van der Waals surface area contributed by atoms with E-state index in [1.165, 1.54) is 16.7 Å². The molecule has 0 saturated carbocycles.